The van der Waals surface area contributed by atoms with Gasteiger partial charge >= 0.3 is 5.97 Å². The smallest absolute Gasteiger partial charge is 0.352 e. The lowest BCUT2D eigenvalue weighted by molar-refractivity contribution is -0.134. The van der Waals surface area contributed by atoms with Gasteiger partial charge in [0.25, 0.3) is 0 Å². The Bertz CT molecular complexity index is 179. The van der Waals surface area contributed by atoms with Gasteiger partial charge in [0.1, 0.15) is 5.70 Å². The average Bonchev–Trinajstić information content (AvgIpc) is 2.33. The van der Waals surface area contributed by atoms with Gasteiger partial charge in [-0.3, -0.25) is 0 Å². The molecule has 1 rings (SSSR count). The minimum Gasteiger partial charge on any atom is -0.477 e. The molecule has 0 bridgehead atoms. The van der Waals surface area contributed by atoms with Crippen molar-refractivity contribution in [3.8, 4) is 0 Å². The van der Waals surface area contributed by atoms with Crippen molar-refractivity contribution in [2.75, 3.05) is 12.4 Å². The van der Waals surface area contributed by atoms with Crippen molar-refractivity contribution >= 4 is 17.7 Å². The normalized spacial score (nSPS) is 17.3. The quantitative estimate of drug-likeness (QED) is 0.644. The predicted molar refractivity (Wildman–Crippen MR) is 40.2 cm³/mol. The highest BCUT2D eigenvalue weighted by molar-refractivity contribution is 8.02. The van der Waals surface area contributed by atoms with E-state index in [9.17, 15) is 4.79 Å². The standard InChI is InChI=1S/C6H8NO2S/c1-2-7-4-10-3-5(7)6(8)9/h3H,1-2,4H2,(H,8,9). The summed E-state index contributed by atoms with van der Waals surface area (Å²) in [7, 11) is 0. The summed E-state index contributed by atoms with van der Waals surface area (Å²) in [6, 6.07) is 0. The van der Waals surface area contributed by atoms with Crippen molar-refractivity contribution in [1.29, 1.82) is 0 Å². The summed E-state index contributed by atoms with van der Waals surface area (Å²) >= 11 is 1.49. The highest BCUT2D eigenvalue weighted by atomic mass is 32.2. The number of hydrogen-bond acceptors (Lipinski definition) is 3. The Hall–Kier alpha value is -0.640. The first-order valence-electron chi connectivity index (χ1n) is 2.85. The van der Waals surface area contributed by atoms with Crippen LogP contribution in [0.25, 0.3) is 0 Å². The number of rotatable bonds is 2. The Labute approximate surface area is 63.7 Å². The van der Waals surface area contributed by atoms with E-state index >= 15 is 0 Å². The molecule has 0 fully saturated rings. The molecule has 0 spiro atoms. The molecule has 0 atom stereocenters. The number of carbonyl (C=O) groups is 1. The maximum atomic E-state index is 10.4. The van der Waals surface area contributed by atoms with Crippen LogP contribution in [0.3, 0.4) is 0 Å². The molecule has 10 heavy (non-hydrogen) atoms. The van der Waals surface area contributed by atoms with Crippen molar-refractivity contribution in [1.82, 2.24) is 4.90 Å². The molecule has 1 N–H and O–H groups in total. The van der Waals surface area contributed by atoms with Gasteiger partial charge in [-0.25, -0.2) is 4.79 Å². The monoisotopic (exact) mass is 158 g/mol. The molecule has 0 aromatic carbocycles. The molecule has 55 valence electrons. The summed E-state index contributed by atoms with van der Waals surface area (Å²) < 4.78 is 0. The SMILES string of the molecule is [CH2]CN1CSC=C1C(=O)O. The van der Waals surface area contributed by atoms with Crippen LogP contribution in [0.15, 0.2) is 11.1 Å². The zero-order valence-corrected chi connectivity index (χ0v) is 6.23. The molecular formula is C6H8NO2S. The summed E-state index contributed by atoms with van der Waals surface area (Å²) in [5.74, 6) is -0.154. The van der Waals surface area contributed by atoms with Crippen LogP contribution in [0.5, 0.6) is 0 Å². The molecular weight excluding hydrogens is 150 g/mol. The molecule has 4 heteroatoms. The van der Waals surface area contributed by atoms with E-state index < -0.39 is 5.97 Å². The van der Waals surface area contributed by atoms with Crippen molar-refractivity contribution in [2.24, 2.45) is 0 Å². The fraction of sp³-hybridized carbons (Fsp3) is 0.333. The van der Waals surface area contributed by atoms with Gasteiger partial charge in [-0.2, -0.15) is 0 Å². The third-order valence-corrected chi connectivity index (χ3v) is 2.11. The number of thioether (sulfide) groups is 1. The minimum absolute atomic E-state index is 0.361. The van der Waals surface area contributed by atoms with Gasteiger partial charge in [0, 0.05) is 12.0 Å². The molecule has 0 aliphatic carbocycles. The van der Waals surface area contributed by atoms with Crippen LogP contribution >= 0.6 is 11.8 Å². The van der Waals surface area contributed by atoms with Gasteiger partial charge in [0.2, 0.25) is 0 Å². The summed E-state index contributed by atoms with van der Waals surface area (Å²) in [5.41, 5.74) is 0.361. The largest absolute Gasteiger partial charge is 0.477 e. The lowest BCUT2D eigenvalue weighted by atomic mass is 10.4. The van der Waals surface area contributed by atoms with Crippen LogP contribution in [-0.2, 0) is 4.79 Å². The fourth-order valence-corrected chi connectivity index (χ4v) is 1.65. The third kappa shape index (κ3) is 1.26. The zero-order valence-electron chi connectivity index (χ0n) is 5.41. The Kier molecular flexibility index (Phi) is 2.21. The second kappa shape index (κ2) is 2.96. The summed E-state index contributed by atoms with van der Waals surface area (Å²) in [6.07, 6.45) is 0. The minimum atomic E-state index is -0.867. The maximum Gasteiger partial charge on any atom is 0.352 e. The van der Waals surface area contributed by atoms with Gasteiger partial charge < -0.3 is 10.0 Å². The highest BCUT2D eigenvalue weighted by Gasteiger charge is 2.19. The van der Waals surface area contributed by atoms with E-state index in [1.807, 2.05) is 0 Å². The first kappa shape index (κ1) is 7.47. The molecule has 3 nitrogen and oxygen atoms in total. The van der Waals surface area contributed by atoms with Crippen molar-refractivity contribution in [2.45, 2.75) is 0 Å². The van der Waals surface area contributed by atoms with Crippen LogP contribution in [0, 0.1) is 6.92 Å². The average molecular weight is 158 g/mol. The van der Waals surface area contributed by atoms with Gasteiger partial charge in [-0.1, -0.05) is 0 Å². The van der Waals surface area contributed by atoms with Crippen LogP contribution in [0.4, 0.5) is 0 Å². The van der Waals surface area contributed by atoms with E-state index in [2.05, 4.69) is 6.92 Å². The van der Waals surface area contributed by atoms with E-state index in [1.54, 1.807) is 10.3 Å². The van der Waals surface area contributed by atoms with Crippen molar-refractivity contribution < 1.29 is 9.90 Å². The summed E-state index contributed by atoms with van der Waals surface area (Å²) in [6.45, 7) is 4.13. The van der Waals surface area contributed by atoms with Gasteiger partial charge in [0.05, 0.1) is 5.88 Å². The van der Waals surface area contributed by atoms with E-state index in [0.717, 1.165) is 0 Å². The fourth-order valence-electron chi connectivity index (χ4n) is 0.721. The summed E-state index contributed by atoms with van der Waals surface area (Å²) in [5, 5.41) is 10.2. The van der Waals surface area contributed by atoms with E-state index in [-0.39, 0.29) is 0 Å². The lowest BCUT2D eigenvalue weighted by Gasteiger charge is -2.14. The molecule has 1 aliphatic rings. The third-order valence-electron chi connectivity index (χ3n) is 1.26. The van der Waals surface area contributed by atoms with Gasteiger partial charge in [0.15, 0.2) is 0 Å². The topological polar surface area (TPSA) is 40.5 Å². The molecule has 1 radical (unpaired) electrons. The molecule has 0 unspecified atom stereocenters. The Morgan fingerprint density at radius 1 is 2.00 bits per heavy atom. The first-order valence-corrected chi connectivity index (χ1v) is 3.90. The number of aliphatic carboxylic acids is 1. The van der Waals surface area contributed by atoms with E-state index in [4.69, 9.17) is 5.11 Å². The van der Waals surface area contributed by atoms with Crippen molar-refractivity contribution in [3.05, 3.63) is 18.0 Å². The lowest BCUT2D eigenvalue weighted by Crippen LogP contribution is -2.23. The molecule has 0 amide bonds. The first-order chi connectivity index (χ1) is 4.75. The van der Waals surface area contributed by atoms with Crippen LogP contribution in [-0.4, -0.2) is 28.4 Å². The number of nitrogens with zero attached hydrogens (tertiary/aromatic N) is 1. The molecule has 1 heterocycles. The van der Waals surface area contributed by atoms with E-state index in [0.29, 0.717) is 18.1 Å². The molecule has 1 aliphatic heterocycles. The second-order valence-electron chi connectivity index (χ2n) is 1.87. The Balaban J connectivity index is 2.65. The zero-order chi connectivity index (χ0) is 7.56. The second-order valence-corrected chi connectivity index (χ2v) is 2.69. The Morgan fingerprint density at radius 3 is 3.10 bits per heavy atom. The number of hydrogen-bond donors (Lipinski definition) is 1. The van der Waals surface area contributed by atoms with Gasteiger partial charge in [-0.15, -0.1) is 11.8 Å². The predicted octanol–water partition coefficient (Wildman–Crippen LogP) is 0.753. The molecule has 0 saturated heterocycles. The number of carboxylic acid groups (broad SMARTS) is 1. The van der Waals surface area contributed by atoms with Crippen molar-refractivity contribution in [3.63, 3.8) is 0 Å². The van der Waals surface area contributed by atoms with Gasteiger partial charge in [-0.05, 0) is 6.92 Å². The highest BCUT2D eigenvalue weighted by Crippen LogP contribution is 2.22. The molecule has 0 saturated carbocycles. The molecule has 0 aromatic rings. The Morgan fingerprint density at radius 2 is 2.70 bits per heavy atom. The summed E-state index contributed by atoms with van der Waals surface area (Å²) in [4.78, 5) is 12.1. The van der Waals surface area contributed by atoms with Crippen LogP contribution < -0.4 is 0 Å². The molecule has 0 aromatic heterocycles. The van der Waals surface area contributed by atoms with Crippen LogP contribution in [0.2, 0.25) is 0 Å². The maximum absolute atomic E-state index is 10.4. The number of carboxylic acids is 1. The van der Waals surface area contributed by atoms with E-state index in [1.165, 1.54) is 11.8 Å². The van der Waals surface area contributed by atoms with Crippen LogP contribution in [0.1, 0.15) is 0 Å².